The fraction of sp³-hybridized carbons (Fsp3) is 0.538. The van der Waals surface area contributed by atoms with Gasteiger partial charge in [-0.05, 0) is 63.6 Å². The van der Waals surface area contributed by atoms with Gasteiger partial charge in [0.1, 0.15) is 0 Å². The van der Waals surface area contributed by atoms with Gasteiger partial charge in [-0.2, -0.15) is 0 Å². The largest absolute Gasteiger partial charge is 0.375 e. The van der Waals surface area contributed by atoms with Crippen LogP contribution in [-0.4, -0.2) is 25.3 Å². The van der Waals surface area contributed by atoms with Crippen LogP contribution in [0.1, 0.15) is 58.8 Å². The molecule has 1 saturated heterocycles. The highest BCUT2D eigenvalue weighted by Gasteiger charge is 2.47. The van der Waals surface area contributed by atoms with Crippen molar-refractivity contribution in [2.45, 2.75) is 64.4 Å². The van der Waals surface area contributed by atoms with Gasteiger partial charge in [0.25, 0.3) is 0 Å². The van der Waals surface area contributed by atoms with Gasteiger partial charge >= 0.3 is 0 Å². The Balaban J connectivity index is 2.18. The highest BCUT2D eigenvalue weighted by molar-refractivity contribution is 5.33. The van der Waals surface area contributed by atoms with Crippen molar-refractivity contribution in [1.29, 1.82) is 0 Å². The van der Waals surface area contributed by atoms with Gasteiger partial charge in [-0.3, -0.25) is 0 Å². The number of allylic oxidation sites excluding steroid dienone is 8. The molecule has 0 amide bonds. The van der Waals surface area contributed by atoms with Crippen molar-refractivity contribution in [1.82, 2.24) is 5.32 Å². The minimum absolute atomic E-state index is 0.0833. The number of ether oxygens (including phenoxy) is 1. The molecule has 1 N–H and O–H groups in total. The van der Waals surface area contributed by atoms with E-state index in [1.807, 2.05) is 12.2 Å². The second-order valence-corrected chi connectivity index (χ2v) is 8.19. The first kappa shape index (κ1) is 22.6. The van der Waals surface area contributed by atoms with Gasteiger partial charge in [0, 0.05) is 18.6 Å². The molecule has 0 radical (unpaired) electrons. The maximum atomic E-state index is 6.37. The molecule has 1 saturated carbocycles. The van der Waals surface area contributed by atoms with E-state index in [0.29, 0.717) is 0 Å². The predicted molar refractivity (Wildman–Crippen MR) is 122 cm³/mol. The first-order chi connectivity index (χ1) is 13.6. The fourth-order valence-electron chi connectivity index (χ4n) is 4.90. The van der Waals surface area contributed by atoms with Crippen LogP contribution in [0.15, 0.2) is 72.9 Å². The second-order valence-electron chi connectivity index (χ2n) is 8.19. The molecule has 2 fully saturated rings. The van der Waals surface area contributed by atoms with Crippen LogP contribution in [0, 0.1) is 5.41 Å². The third kappa shape index (κ3) is 5.93. The highest BCUT2D eigenvalue weighted by atomic mass is 16.5. The summed E-state index contributed by atoms with van der Waals surface area (Å²) in [6.07, 6.45) is 25.1. The Bertz CT molecular complexity index is 631. The average molecular weight is 382 g/mol. The minimum atomic E-state index is 0.0833. The molecule has 0 bridgehead atoms. The maximum absolute atomic E-state index is 6.37. The summed E-state index contributed by atoms with van der Waals surface area (Å²) in [5.74, 6) is 0. The van der Waals surface area contributed by atoms with Crippen LogP contribution in [-0.2, 0) is 4.74 Å². The normalized spacial score (nSPS) is 25.8. The van der Waals surface area contributed by atoms with Crippen LogP contribution >= 0.6 is 0 Å². The fourth-order valence-corrected chi connectivity index (χ4v) is 4.90. The lowest BCUT2D eigenvalue weighted by atomic mass is 9.65. The van der Waals surface area contributed by atoms with Crippen LogP contribution in [0.4, 0.5) is 0 Å². The third-order valence-electron chi connectivity index (χ3n) is 6.35. The van der Waals surface area contributed by atoms with E-state index in [1.54, 1.807) is 0 Å². The molecule has 0 unspecified atom stereocenters. The summed E-state index contributed by atoms with van der Waals surface area (Å²) in [7, 11) is 0. The SMILES string of the molecule is C=C/C=C\C(=C/C=C)[C@]1(CCNCC(/C=C\C)=C/C)CCOC2(CCCC2)C1. The molecule has 1 aliphatic heterocycles. The topological polar surface area (TPSA) is 21.3 Å². The van der Waals surface area contributed by atoms with Gasteiger partial charge in [0.05, 0.1) is 5.60 Å². The van der Waals surface area contributed by atoms with E-state index in [9.17, 15) is 0 Å². The van der Waals surface area contributed by atoms with Crippen molar-refractivity contribution in [3.05, 3.63) is 72.9 Å². The quantitative estimate of drug-likeness (QED) is 0.347. The van der Waals surface area contributed by atoms with Gasteiger partial charge in [-0.1, -0.05) is 74.6 Å². The molecule has 154 valence electrons. The number of rotatable bonds is 10. The van der Waals surface area contributed by atoms with Crippen molar-refractivity contribution >= 4 is 0 Å². The average Bonchev–Trinajstić information content (AvgIpc) is 3.14. The summed E-state index contributed by atoms with van der Waals surface area (Å²) in [5.41, 5.74) is 2.93. The number of hydrogen-bond acceptors (Lipinski definition) is 2. The zero-order valence-electron chi connectivity index (χ0n) is 18.0. The lowest BCUT2D eigenvalue weighted by Crippen LogP contribution is -2.45. The van der Waals surface area contributed by atoms with E-state index in [-0.39, 0.29) is 11.0 Å². The van der Waals surface area contributed by atoms with Gasteiger partial charge in [0.15, 0.2) is 0 Å². The Morgan fingerprint density at radius 2 is 1.86 bits per heavy atom. The zero-order valence-corrected chi connectivity index (χ0v) is 18.0. The van der Waals surface area contributed by atoms with Crippen LogP contribution < -0.4 is 5.32 Å². The van der Waals surface area contributed by atoms with Crippen molar-refractivity contribution < 1.29 is 4.74 Å². The first-order valence-corrected chi connectivity index (χ1v) is 10.9. The molecule has 2 rings (SSSR count). The highest BCUT2D eigenvalue weighted by Crippen LogP contribution is 2.52. The molecule has 1 aliphatic carbocycles. The molecule has 0 aromatic carbocycles. The van der Waals surface area contributed by atoms with E-state index in [1.165, 1.54) is 36.8 Å². The summed E-state index contributed by atoms with van der Waals surface area (Å²) < 4.78 is 6.37. The van der Waals surface area contributed by atoms with E-state index in [4.69, 9.17) is 4.74 Å². The molecular weight excluding hydrogens is 342 g/mol. The lowest BCUT2D eigenvalue weighted by molar-refractivity contribution is -0.114. The van der Waals surface area contributed by atoms with Crippen LogP contribution in [0.5, 0.6) is 0 Å². The Morgan fingerprint density at radius 1 is 1.07 bits per heavy atom. The second kappa shape index (κ2) is 11.4. The molecule has 2 aliphatic rings. The van der Waals surface area contributed by atoms with Crippen LogP contribution in [0.3, 0.4) is 0 Å². The Labute approximate surface area is 172 Å². The molecular formula is C26H39NO. The van der Waals surface area contributed by atoms with Crippen LogP contribution in [0.2, 0.25) is 0 Å². The molecule has 1 heterocycles. The molecule has 1 spiro atoms. The Morgan fingerprint density at radius 3 is 2.50 bits per heavy atom. The molecule has 0 aromatic heterocycles. The van der Waals surface area contributed by atoms with Gasteiger partial charge in [-0.15, -0.1) is 0 Å². The minimum Gasteiger partial charge on any atom is -0.375 e. The summed E-state index contributed by atoms with van der Waals surface area (Å²) in [6.45, 7) is 14.8. The van der Waals surface area contributed by atoms with E-state index >= 15 is 0 Å². The number of hydrogen-bond donors (Lipinski definition) is 1. The molecule has 0 aromatic rings. The summed E-state index contributed by atoms with van der Waals surface area (Å²) in [4.78, 5) is 0. The summed E-state index contributed by atoms with van der Waals surface area (Å²) in [5, 5.41) is 3.67. The van der Waals surface area contributed by atoms with E-state index in [2.05, 4.69) is 68.8 Å². The third-order valence-corrected chi connectivity index (χ3v) is 6.35. The number of nitrogens with one attached hydrogen (secondary N) is 1. The Kier molecular flexibility index (Phi) is 9.21. The van der Waals surface area contributed by atoms with Crippen molar-refractivity contribution in [2.24, 2.45) is 5.41 Å². The standard InChI is InChI=1S/C26H39NO/c1-5-9-14-24(13-7-3)25(17-19-27-21-23(8-4)12-6-2)18-20-28-26(22-25)15-10-11-16-26/h5-9,12-14,27H,1,3,10-11,15-22H2,2,4H3/b12-6-,14-9-,23-8+,24-13+/t25-/m1/s1. The first-order valence-electron chi connectivity index (χ1n) is 10.9. The monoisotopic (exact) mass is 381 g/mol. The predicted octanol–water partition coefficient (Wildman–Crippen LogP) is 6.45. The molecule has 1 atom stereocenters. The zero-order chi connectivity index (χ0) is 20.3. The van der Waals surface area contributed by atoms with E-state index in [0.717, 1.165) is 39.0 Å². The van der Waals surface area contributed by atoms with Gasteiger partial charge < -0.3 is 10.1 Å². The molecule has 28 heavy (non-hydrogen) atoms. The van der Waals surface area contributed by atoms with Crippen LogP contribution in [0.25, 0.3) is 0 Å². The van der Waals surface area contributed by atoms with Gasteiger partial charge in [0.2, 0.25) is 0 Å². The Hall–Kier alpha value is -1.64. The molecule has 2 nitrogen and oxygen atoms in total. The lowest BCUT2D eigenvalue weighted by Gasteiger charge is -2.47. The smallest absolute Gasteiger partial charge is 0.0691 e. The van der Waals surface area contributed by atoms with Crippen molar-refractivity contribution in [3.8, 4) is 0 Å². The van der Waals surface area contributed by atoms with E-state index < -0.39 is 0 Å². The maximum Gasteiger partial charge on any atom is 0.0691 e. The van der Waals surface area contributed by atoms with Gasteiger partial charge in [-0.25, -0.2) is 0 Å². The summed E-state index contributed by atoms with van der Waals surface area (Å²) >= 11 is 0. The van der Waals surface area contributed by atoms with Crippen molar-refractivity contribution in [2.75, 3.05) is 19.7 Å². The summed E-state index contributed by atoms with van der Waals surface area (Å²) in [6, 6.07) is 0. The van der Waals surface area contributed by atoms with Crippen molar-refractivity contribution in [3.63, 3.8) is 0 Å². The molecule has 2 heteroatoms.